The van der Waals surface area contributed by atoms with Gasteiger partial charge in [0.25, 0.3) is 5.91 Å². The van der Waals surface area contributed by atoms with Gasteiger partial charge in [0.2, 0.25) is 12.7 Å². The molecule has 6 rings (SSSR count). The summed E-state index contributed by atoms with van der Waals surface area (Å²) in [5.41, 5.74) is 2.69. The highest BCUT2D eigenvalue weighted by Gasteiger charge is 2.33. The first kappa shape index (κ1) is 24.9. The van der Waals surface area contributed by atoms with Crippen molar-refractivity contribution >= 4 is 23.2 Å². The van der Waals surface area contributed by atoms with Crippen LogP contribution in [0.2, 0.25) is 0 Å². The van der Waals surface area contributed by atoms with E-state index < -0.39 is 0 Å². The molecule has 4 heterocycles. The molecule has 1 aromatic heterocycles. The Balaban J connectivity index is 1.09. The summed E-state index contributed by atoms with van der Waals surface area (Å²) in [5, 5.41) is 2.09. The lowest BCUT2D eigenvalue weighted by molar-refractivity contribution is -0.134. The molecule has 0 unspecified atom stereocenters. The average Bonchev–Trinajstić information content (AvgIpc) is 3.60. The number of piperazine rings is 1. The van der Waals surface area contributed by atoms with E-state index in [1.807, 2.05) is 22.8 Å². The van der Waals surface area contributed by atoms with Crippen LogP contribution >= 0.6 is 11.3 Å². The van der Waals surface area contributed by atoms with Crippen LogP contribution in [0.15, 0.2) is 53.9 Å². The smallest absolute Gasteiger partial charge is 0.254 e. The number of ether oxygens (including phenoxy) is 2. The van der Waals surface area contributed by atoms with Gasteiger partial charge in [-0.1, -0.05) is 12.1 Å². The lowest BCUT2D eigenvalue weighted by Crippen LogP contribution is -2.55. The molecule has 3 aliphatic rings. The lowest BCUT2D eigenvalue weighted by atomic mass is 9.93. The molecule has 0 radical (unpaired) electrons. The van der Waals surface area contributed by atoms with E-state index >= 15 is 0 Å². The van der Waals surface area contributed by atoms with Crippen molar-refractivity contribution in [2.24, 2.45) is 0 Å². The van der Waals surface area contributed by atoms with E-state index in [0.29, 0.717) is 49.7 Å². The van der Waals surface area contributed by atoms with Crippen molar-refractivity contribution in [2.75, 3.05) is 39.5 Å². The molecule has 1 fully saturated rings. The standard InChI is InChI=1S/C29H30FN3O4S/c1-19-17-32(12-13-33(19)29(35)21-5-6-24-25(16-21)37-18-36-24)27(34)8-11-31-10-7-26-23(9-14-38-26)28(31)20-3-2-4-22(30)15-20/h2-6,9,14-16,19,28H,7-8,10-13,17-18H2,1H3/t19-,28+/m1/s1. The van der Waals surface area contributed by atoms with Crippen molar-refractivity contribution in [3.05, 3.63) is 81.3 Å². The van der Waals surface area contributed by atoms with E-state index in [-0.39, 0.29) is 36.5 Å². The number of thiophene rings is 1. The third-order valence-corrected chi connectivity index (χ3v) is 8.70. The summed E-state index contributed by atoms with van der Waals surface area (Å²) in [6.45, 7) is 5.05. The average molecular weight is 536 g/mol. The first-order valence-electron chi connectivity index (χ1n) is 13.0. The second-order valence-corrected chi connectivity index (χ2v) is 11.0. The molecule has 38 heavy (non-hydrogen) atoms. The number of halogens is 1. The van der Waals surface area contributed by atoms with Crippen LogP contribution in [0, 0.1) is 5.82 Å². The SMILES string of the molecule is C[C@@H]1CN(C(=O)CCN2CCc3sccc3[C@@H]2c2cccc(F)c2)CCN1C(=O)c1ccc2c(c1)OCO2. The van der Waals surface area contributed by atoms with Crippen molar-refractivity contribution in [1.29, 1.82) is 0 Å². The van der Waals surface area contributed by atoms with Gasteiger partial charge in [-0.15, -0.1) is 11.3 Å². The molecule has 2 atom stereocenters. The number of nitrogens with zero attached hydrogens (tertiary/aromatic N) is 3. The molecular formula is C29H30FN3O4S. The molecule has 0 spiro atoms. The summed E-state index contributed by atoms with van der Waals surface area (Å²) in [6.07, 6.45) is 1.32. The van der Waals surface area contributed by atoms with Crippen molar-refractivity contribution in [2.45, 2.75) is 31.8 Å². The number of hydrogen-bond donors (Lipinski definition) is 0. The van der Waals surface area contributed by atoms with Gasteiger partial charge in [0.05, 0.1) is 6.04 Å². The maximum absolute atomic E-state index is 14.1. The minimum Gasteiger partial charge on any atom is -0.454 e. The predicted molar refractivity (Wildman–Crippen MR) is 142 cm³/mol. The quantitative estimate of drug-likeness (QED) is 0.487. The monoisotopic (exact) mass is 535 g/mol. The topological polar surface area (TPSA) is 62.3 Å². The molecule has 1 saturated heterocycles. The summed E-state index contributed by atoms with van der Waals surface area (Å²) in [6, 6.07) is 14.0. The van der Waals surface area contributed by atoms with Crippen LogP contribution in [0.1, 0.15) is 45.7 Å². The fourth-order valence-electron chi connectivity index (χ4n) is 5.75. The molecule has 3 aliphatic heterocycles. The minimum atomic E-state index is -0.247. The van der Waals surface area contributed by atoms with Crippen LogP contribution in [0.4, 0.5) is 4.39 Å². The van der Waals surface area contributed by atoms with Crippen LogP contribution in [0.25, 0.3) is 0 Å². The predicted octanol–water partition coefficient (Wildman–Crippen LogP) is 4.33. The van der Waals surface area contributed by atoms with Gasteiger partial charge in [0.15, 0.2) is 11.5 Å². The van der Waals surface area contributed by atoms with Gasteiger partial charge in [-0.2, -0.15) is 0 Å². The number of carbonyl (C=O) groups is 2. The number of rotatable bonds is 5. The maximum atomic E-state index is 14.1. The Hall–Kier alpha value is -3.43. The molecule has 0 N–H and O–H groups in total. The highest BCUT2D eigenvalue weighted by molar-refractivity contribution is 7.10. The van der Waals surface area contributed by atoms with Gasteiger partial charge in [0.1, 0.15) is 5.82 Å². The molecular weight excluding hydrogens is 505 g/mol. The fraction of sp³-hybridized carbons (Fsp3) is 0.379. The largest absolute Gasteiger partial charge is 0.454 e. The van der Waals surface area contributed by atoms with E-state index in [4.69, 9.17) is 9.47 Å². The first-order chi connectivity index (χ1) is 18.5. The summed E-state index contributed by atoms with van der Waals surface area (Å²) in [4.78, 5) is 33.8. The second-order valence-electron chi connectivity index (χ2n) is 10.0. The van der Waals surface area contributed by atoms with Gasteiger partial charge in [-0.3, -0.25) is 14.5 Å². The lowest BCUT2D eigenvalue weighted by Gasteiger charge is -2.41. The van der Waals surface area contributed by atoms with Crippen molar-refractivity contribution in [3.63, 3.8) is 0 Å². The van der Waals surface area contributed by atoms with Gasteiger partial charge in [0, 0.05) is 55.6 Å². The number of carbonyl (C=O) groups excluding carboxylic acids is 2. The van der Waals surface area contributed by atoms with Crippen LogP contribution in [0.5, 0.6) is 11.5 Å². The molecule has 0 aliphatic carbocycles. The molecule has 0 saturated carbocycles. The number of hydrogen-bond acceptors (Lipinski definition) is 6. The highest BCUT2D eigenvalue weighted by Crippen LogP contribution is 2.38. The van der Waals surface area contributed by atoms with Crippen LogP contribution in [-0.4, -0.2) is 72.1 Å². The van der Waals surface area contributed by atoms with Gasteiger partial charge in [-0.05, 0) is 66.2 Å². The summed E-state index contributed by atoms with van der Waals surface area (Å²) < 4.78 is 24.8. The molecule has 9 heteroatoms. The first-order valence-corrected chi connectivity index (χ1v) is 13.9. The van der Waals surface area contributed by atoms with Crippen molar-refractivity contribution in [1.82, 2.24) is 14.7 Å². The van der Waals surface area contributed by atoms with E-state index in [1.165, 1.54) is 16.5 Å². The minimum absolute atomic E-state index is 0.0522. The van der Waals surface area contributed by atoms with Crippen LogP contribution in [-0.2, 0) is 11.2 Å². The number of benzene rings is 2. The zero-order valence-corrected chi connectivity index (χ0v) is 22.1. The number of amides is 2. The van der Waals surface area contributed by atoms with E-state index in [2.05, 4.69) is 16.3 Å². The zero-order chi connectivity index (χ0) is 26.2. The van der Waals surface area contributed by atoms with Crippen LogP contribution < -0.4 is 9.47 Å². The van der Waals surface area contributed by atoms with Gasteiger partial charge in [-0.25, -0.2) is 4.39 Å². The Morgan fingerprint density at radius 3 is 2.76 bits per heavy atom. The molecule has 3 aromatic rings. The normalized spacial score (nSPS) is 20.9. The van der Waals surface area contributed by atoms with E-state index in [0.717, 1.165) is 18.5 Å². The van der Waals surface area contributed by atoms with Gasteiger partial charge >= 0.3 is 0 Å². The molecule has 7 nitrogen and oxygen atoms in total. The van der Waals surface area contributed by atoms with E-state index in [1.54, 1.807) is 41.7 Å². The Morgan fingerprint density at radius 2 is 1.92 bits per heavy atom. The van der Waals surface area contributed by atoms with Crippen LogP contribution in [0.3, 0.4) is 0 Å². The Kier molecular flexibility index (Phi) is 6.80. The van der Waals surface area contributed by atoms with Crippen molar-refractivity contribution in [3.8, 4) is 11.5 Å². The molecule has 198 valence electrons. The summed E-state index contributed by atoms with van der Waals surface area (Å²) >= 11 is 1.74. The Bertz CT molecular complexity index is 1360. The highest BCUT2D eigenvalue weighted by atomic mass is 32.1. The summed E-state index contributed by atoms with van der Waals surface area (Å²) in [5.74, 6) is 1.000. The van der Waals surface area contributed by atoms with Crippen molar-refractivity contribution < 1.29 is 23.5 Å². The zero-order valence-electron chi connectivity index (χ0n) is 21.3. The molecule has 2 amide bonds. The molecule has 0 bridgehead atoms. The fourth-order valence-corrected chi connectivity index (χ4v) is 6.66. The maximum Gasteiger partial charge on any atom is 0.254 e. The third-order valence-electron chi connectivity index (χ3n) is 7.70. The second kappa shape index (κ2) is 10.4. The van der Waals surface area contributed by atoms with Gasteiger partial charge < -0.3 is 19.3 Å². The third kappa shape index (κ3) is 4.76. The molecule has 2 aromatic carbocycles. The Morgan fingerprint density at radius 1 is 1.05 bits per heavy atom. The number of fused-ring (bicyclic) bond motifs is 2. The van der Waals surface area contributed by atoms with E-state index in [9.17, 15) is 14.0 Å². The Labute approximate surface area is 225 Å². The summed E-state index contributed by atoms with van der Waals surface area (Å²) in [7, 11) is 0.